The minimum absolute atomic E-state index is 0.118. The van der Waals surface area contributed by atoms with Crippen molar-refractivity contribution in [2.75, 3.05) is 25.2 Å². The van der Waals surface area contributed by atoms with E-state index in [-0.39, 0.29) is 31.7 Å². The first-order chi connectivity index (χ1) is 9.63. The van der Waals surface area contributed by atoms with Gasteiger partial charge in [-0.25, -0.2) is 0 Å². The van der Waals surface area contributed by atoms with E-state index in [2.05, 4.69) is 16.0 Å². The van der Waals surface area contributed by atoms with Crippen LogP contribution in [0.5, 0.6) is 11.5 Å². The molecule has 1 aromatic rings. The van der Waals surface area contributed by atoms with Gasteiger partial charge in [0.25, 0.3) is 0 Å². The molecule has 20 heavy (non-hydrogen) atoms. The highest BCUT2D eigenvalue weighted by Gasteiger charge is 2.25. The third-order valence-electron chi connectivity index (χ3n) is 3.05. The quantitative estimate of drug-likeness (QED) is 0.720. The lowest BCUT2D eigenvalue weighted by Crippen LogP contribution is -2.56. The van der Waals surface area contributed by atoms with E-state index in [1.807, 2.05) is 0 Å². The van der Waals surface area contributed by atoms with Gasteiger partial charge in [0.15, 0.2) is 11.5 Å². The molecular weight excluding hydrogens is 286 g/mol. The standard InChI is InChI=1S/C12H12ClN3O4/c13-6-1-9-10(20-5-19-9)2-7(6)16-12(18)8-3-15-11(17)4-14-8/h1-2,8,14H,3-5H2,(H,15,17)(H,16,18). The zero-order chi connectivity index (χ0) is 14.1. The topological polar surface area (TPSA) is 88.7 Å². The molecule has 0 aromatic heterocycles. The number of hydrogen-bond donors (Lipinski definition) is 3. The van der Waals surface area contributed by atoms with E-state index < -0.39 is 6.04 Å². The first-order valence-corrected chi connectivity index (χ1v) is 6.41. The number of benzene rings is 1. The molecule has 3 rings (SSSR count). The molecule has 1 unspecified atom stereocenters. The van der Waals surface area contributed by atoms with Crippen molar-refractivity contribution in [2.24, 2.45) is 0 Å². The van der Waals surface area contributed by atoms with Crippen LogP contribution in [0.25, 0.3) is 0 Å². The highest BCUT2D eigenvalue weighted by molar-refractivity contribution is 6.34. The van der Waals surface area contributed by atoms with Crippen molar-refractivity contribution in [3.05, 3.63) is 17.2 Å². The van der Waals surface area contributed by atoms with Gasteiger partial charge in [0, 0.05) is 18.7 Å². The molecule has 2 aliphatic rings. The van der Waals surface area contributed by atoms with Crippen molar-refractivity contribution in [1.82, 2.24) is 10.6 Å². The van der Waals surface area contributed by atoms with Gasteiger partial charge in [-0.1, -0.05) is 11.6 Å². The molecule has 1 aromatic carbocycles. The Morgan fingerprint density at radius 2 is 2.10 bits per heavy atom. The van der Waals surface area contributed by atoms with E-state index in [4.69, 9.17) is 21.1 Å². The Labute approximate surface area is 119 Å². The Hall–Kier alpha value is -1.99. The zero-order valence-corrected chi connectivity index (χ0v) is 11.1. The van der Waals surface area contributed by atoms with E-state index in [1.54, 1.807) is 12.1 Å². The van der Waals surface area contributed by atoms with Gasteiger partial charge < -0.3 is 20.1 Å². The van der Waals surface area contributed by atoms with E-state index >= 15 is 0 Å². The molecule has 106 valence electrons. The van der Waals surface area contributed by atoms with Crippen LogP contribution >= 0.6 is 11.6 Å². The monoisotopic (exact) mass is 297 g/mol. The molecule has 2 amide bonds. The number of nitrogens with one attached hydrogen (secondary N) is 3. The van der Waals surface area contributed by atoms with Crippen LogP contribution in [-0.4, -0.2) is 37.7 Å². The minimum Gasteiger partial charge on any atom is -0.454 e. The van der Waals surface area contributed by atoms with Gasteiger partial charge in [-0.3, -0.25) is 14.9 Å². The normalized spacial score (nSPS) is 20.4. The van der Waals surface area contributed by atoms with Gasteiger partial charge in [-0.15, -0.1) is 0 Å². The van der Waals surface area contributed by atoms with Gasteiger partial charge in [-0.05, 0) is 0 Å². The summed E-state index contributed by atoms with van der Waals surface area (Å²) in [5.41, 5.74) is 0.444. The van der Waals surface area contributed by atoms with Crippen LogP contribution in [0.2, 0.25) is 5.02 Å². The highest BCUT2D eigenvalue weighted by Crippen LogP contribution is 2.39. The Balaban J connectivity index is 1.71. The van der Waals surface area contributed by atoms with Crippen LogP contribution in [0, 0.1) is 0 Å². The fourth-order valence-electron chi connectivity index (χ4n) is 1.98. The van der Waals surface area contributed by atoms with Crippen LogP contribution in [0.4, 0.5) is 5.69 Å². The molecule has 2 aliphatic heterocycles. The maximum atomic E-state index is 12.1. The summed E-state index contributed by atoms with van der Waals surface area (Å²) < 4.78 is 10.4. The van der Waals surface area contributed by atoms with Crippen LogP contribution in [0.3, 0.4) is 0 Å². The van der Waals surface area contributed by atoms with Crippen molar-refractivity contribution in [2.45, 2.75) is 6.04 Å². The van der Waals surface area contributed by atoms with Gasteiger partial charge in [0.2, 0.25) is 18.6 Å². The second-order valence-electron chi connectivity index (χ2n) is 4.41. The maximum absolute atomic E-state index is 12.1. The molecule has 1 atom stereocenters. The van der Waals surface area contributed by atoms with Crippen molar-refractivity contribution in [3.63, 3.8) is 0 Å². The van der Waals surface area contributed by atoms with Gasteiger partial charge in [0.05, 0.1) is 17.3 Å². The van der Waals surface area contributed by atoms with E-state index in [0.29, 0.717) is 22.2 Å². The molecule has 0 bridgehead atoms. The summed E-state index contributed by atoms with van der Waals surface area (Å²) in [6.45, 7) is 0.499. The fourth-order valence-corrected chi connectivity index (χ4v) is 2.19. The number of halogens is 1. The van der Waals surface area contributed by atoms with Gasteiger partial charge in [-0.2, -0.15) is 0 Å². The van der Waals surface area contributed by atoms with E-state index in [9.17, 15) is 9.59 Å². The third-order valence-corrected chi connectivity index (χ3v) is 3.36. The lowest BCUT2D eigenvalue weighted by Gasteiger charge is -2.23. The molecule has 0 radical (unpaired) electrons. The second kappa shape index (κ2) is 5.18. The molecule has 7 nitrogen and oxygen atoms in total. The van der Waals surface area contributed by atoms with Crippen LogP contribution < -0.4 is 25.4 Å². The molecule has 3 N–H and O–H groups in total. The number of fused-ring (bicyclic) bond motifs is 1. The average molecular weight is 298 g/mol. The first-order valence-electron chi connectivity index (χ1n) is 6.03. The maximum Gasteiger partial charge on any atom is 0.243 e. The Kier molecular flexibility index (Phi) is 3.37. The number of amides is 2. The molecule has 0 aliphatic carbocycles. The summed E-state index contributed by atoms with van der Waals surface area (Å²) in [7, 11) is 0. The number of carbonyl (C=O) groups excluding carboxylic acids is 2. The molecule has 2 heterocycles. The number of rotatable bonds is 2. The fraction of sp³-hybridized carbons (Fsp3) is 0.333. The van der Waals surface area contributed by atoms with Crippen molar-refractivity contribution >= 4 is 29.1 Å². The zero-order valence-electron chi connectivity index (χ0n) is 10.4. The molecule has 1 saturated heterocycles. The van der Waals surface area contributed by atoms with Crippen molar-refractivity contribution in [1.29, 1.82) is 0 Å². The predicted octanol–water partition coefficient (Wildman–Crippen LogP) is 0.0952. The summed E-state index contributed by atoms with van der Waals surface area (Å²) >= 11 is 6.07. The second-order valence-corrected chi connectivity index (χ2v) is 4.82. The summed E-state index contributed by atoms with van der Waals surface area (Å²) in [5, 5.41) is 8.52. The third kappa shape index (κ3) is 2.50. The first kappa shape index (κ1) is 13.0. The highest BCUT2D eigenvalue weighted by atomic mass is 35.5. The SMILES string of the molecule is O=C1CNC(C(=O)Nc2cc3c(cc2Cl)OCO3)CN1. The number of carbonyl (C=O) groups is 2. The summed E-state index contributed by atoms with van der Waals surface area (Å²) in [4.78, 5) is 23.1. The lowest BCUT2D eigenvalue weighted by molar-refractivity contribution is -0.124. The molecule has 8 heteroatoms. The lowest BCUT2D eigenvalue weighted by atomic mass is 10.2. The van der Waals surface area contributed by atoms with E-state index in [0.717, 1.165) is 0 Å². The van der Waals surface area contributed by atoms with E-state index in [1.165, 1.54) is 0 Å². The number of piperazine rings is 1. The Bertz CT molecular complexity index is 568. The number of ether oxygens (including phenoxy) is 2. The Morgan fingerprint density at radius 3 is 2.80 bits per heavy atom. The predicted molar refractivity (Wildman–Crippen MR) is 71.0 cm³/mol. The summed E-state index contributed by atoms with van der Waals surface area (Å²) in [6.07, 6.45) is 0. The van der Waals surface area contributed by atoms with Gasteiger partial charge in [0.1, 0.15) is 6.04 Å². The van der Waals surface area contributed by atoms with Crippen molar-refractivity contribution < 1.29 is 19.1 Å². The molecular formula is C12H12ClN3O4. The van der Waals surface area contributed by atoms with Crippen LogP contribution in [0.15, 0.2) is 12.1 Å². The molecule has 0 saturated carbocycles. The molecule has 1 fully saturated rings. The number of anilines is 1. The largest absolute Gasteiger partial charge is 0.454 e. The van der Waals surface area contributed by atoms with Crippen molar-refractivity contribution in [3.8, 4) is 11.5 Å². The number of hydrogen-bond acceptors (Lipinski definition) is 5. The molecule has 0 spiro atoms. The minimum atomic E-state index is -0.491. The van der Waals surface area contributed by atoms with Crippen LogP contribution in [0.1, 0.15) is 0 Å². The summed E-state index contributed by atoms with van der Waals surface area (Å²) in [6, 6.07) is 2.72. The summed E-state index contributed by atoms with van der Waals surface area (Å²) in [5.74, 6) is 0.687. The average Bonchev–Trinajstić information content (AvgIpc) is 2.87. The Morgan fingerprint density at radius 1 is 1.35 bits per heavy atom. The van der Waals surface area contributed by atoms with Crippen LogP contribution in [-0.2, 0) is 9.59 Å². The van der Waals surface area contributed by atoms with Gasteiger partial charge >= 0.3 is 0 Å². The smallest absolute Gasteiger partial charge is 0.243 e.